The van der Waals surface area contributed by atoms with Gasteiger partial charge in [-0.15, -0.1) is 0 Å². The zero-order valence-electron chi connectivity index (χ0n) is 15.3. The predicted molar refractivity (Wildman–Crippen MR) is 102 cm³/mol. The smallest absolute Gasteiger partial charge is 0.328 e. The molecule has 0 fully saturated rings. The summed E-state index contributed by atoms with van der Waals surface area (Å²) in [5, 5.41) is 33.6. The second kappa shape index (κ2) is 14.1. The van der Waals surface area contributed by atoms with Crippen molar-refractivity contribution in [3.8, 4) is 0 Å². The van der Waals surface area contributed by atoms with Gasteiger partial charge in [0.2, 0.25) is 17.7 Å². The molecule has 12 nitrogen and oxygen atoms in total. The number of nitrogens with one attached hydrogen (secondary N) is 3. The van der Waals surface area contributed by atoms with Gasteiger partial charge in [0.1, 0.15) is 24.2 Å². The molecule has 0 spiro atoms. The zero-order valence-corrected chi connectivity index (χ0v) is 16.2. The predicted octanol–water partition coefficient (Wildman–Crippen LogP) is -4.10. The van der Waals surface area contributed by atoms with E-state index < -0.39 is 61.1 Å². The first-order chi connectivity index (χ1) is 13.2. The Morgan fingerprint density at radius 1 is 0.857 bits per heavy atom. The number of hydrogen-bond donors (Lipinski definition) is 9. The fourth-order valence-corrected chi connectivity index (χ4v) is 2.30. The quantitative estimate of drug-likeness (QED) is 0.0978. The number of nitrogens with two attached hydrogens (primary N) is 2. The molecule has 0 rings (SSSR count). The van der Waals surface area contributed by atoms with Crippen molar-refractivity contribution in [3.05, 3.63) is 0 Å². The number of aliphatic hydroxyl groups excluding tert-OH is 2. The van der Waals surface area contributed by atoms with Crippen molar-refractivity contribution in [1.29, 1.82) is 0 Å². The number of aliphatic carboxylic acids is 1. The molecule has 0 bridgehead atoms. The molecule has 0 aromatic rings. The van der Waals surface area contributed by atoms with Gasteiger partial charge >= 0.3 is 5.97 Å². The van der Waals surface area contributed by atoms with E-state index in [-0.39, 0.29) is 12.2 Å². The van der Waals surface area contributed by atoms with Crippen molar-refractivity contribution in [3.63, 3.8) is 0 Å². The average molecular weight is 423 g/mol. The van der Waals surface area contributed by atoms with Crippen LogP contribution in [0.5, 0.6) is 0 Å². The van der Waals surface area contributed by atoms with Gasteiger partial charge in [0.05, 0.1) is 13.2 Å². The lowest BCUT2D eigenvalue weighted by molar-refractivity contribution is -0.143. The topological polar surface area (TPSA) is 217 Å². The summed E-state index contributed by atoms with van der Waals surface area (Å²) in [7, 11) is 0. The SMILES string of the molecule is NCCCCC(NC(=O)C(N)CO)C(=O)NC(CS)C(=O)NC(CO)C(=O)O. The third kappa shape index (κ3) is 9.32. The van der Waals surface area contributed by atoms with Gasteiger partial charge in [0.25, 0.3) is 0 Å². The molecule has 0 saturated carbocycles. The number of unbranched alkanes of at least 4 members (excludes halogenated alkanes) is 1. The summed E-state index contributed by atoms with van der Waals surface area (Å²) in [4.78, 5) is 47.4. The summed E-state index contributed by atoms with van der Waals surface area (Å²) in [5.41, 5.74) is 10.8. The van der Waals surface area contributed by atoms with Gasteiger partial charge in [-0.1, -0.05) is 0 Å². The molecule has 0 aliphatic carbocycles. The number of rotatable bonds is 14. The number of aliphatic hydroxyl groups is 2. The van der Waals surface area contributed by atoms with Gasteiger partial charge in [0, 0.05) is 5.75 Å². The summed E-state index contributed by atoms with van der Waals surface area (Å²) in [6.45, 7) is -1.05. The van der Waals surface area contributed by atoms with Crippen LogP contribution in [0.1, 0.15) is 19.3 Å². The molecule has 3 amide bonds. The van der Waals surface area contributed by atoms with Crippen LogP contribution in [0, 0.1) is 0 Å². The van der Waals surface area contributed by atoms with E-state index in [1.165, 1.54) is 0 Å². The minimum absolute atomic E-state index is 0.158. The Morgan fingerprint density at radius 3 is 1.86 bits per heavy atom. The van der Waals surface area contributed by atoms with E-state index in [1.54, 1.807) is 0 Å². The molecular formula is C15H29N5O7S. The number of carbonyl (C=O) groups is 4. The molecule has 0 radical (unpaired) electrons. The van der Waals surface area contributed by atoms with Crippen LogP contribution in [-0.2, 0) is 19.2 Å². The Kier molecular flexibility index (Phi) is 13.1. The third-order valence-electron chi connectivity index (χ3n) is 3.73. The molecule has 0 saturated heterocycles. The van der Waals surface area contributed by atoms with Crippen molar-refractivity contribution in [2.45, 2.75) is 43.4 Å². The summed E-state index contributed by atoms with van der Waals surface area (Å²) >= 11 is 3.96. The Morgan fingerprint density at radius 2 is 1.39 bits per heavy atom. The Balaban J connectivity index is 5.08. The molecule has 4 atom stereocenters. The number of thiol groups is 1. The van der Waals surface area contributed by atoms with E-state index in [2.05, 4.69) is 28.6 Å². The first kappa shape index (κ1) is 26.1. The minimum atomic E-state index is -1.53. The standard InChI is InChI=1S/C15H29N5O7S/c16-4-2-1-3-9(18-12(23)8(17)5-21)13(24)20-11(7-28)14(25)19-10(6-22)15(26)27/h8-11,21-22,28H,1-7,16-17H2,(H,18,23)(H,19,25)(H,20,24)(H,26,27). The number of carboxylic acids is 1. The lowest BCUT2D eigenvalue weighted by atomic mass is 10.1. The van der Waals surface area contributed by atoms with E-state index in [4.69, 9.17) is 26.8 Å². The molecule has 0 aliphatic heterocycles. The molecule has 0 heterocycles. The second-order valence-corrected chi connectivity index (χ2v) is 6.33. The maximum atomic E-state index is 12.5. The highest BCUT2D eigenvalue weighted by Crippen LogP contribution is 2.03. The van der Waals surface area contributed by atoms with Crippen LogP contribution in [0.15, 0.2) is 0 Å². The fourth-order valence-electron chi connectivity index (χ4n) is 2.05. The Hall–Kier alpha value is -1.93. The van der Waals surface area contributed by atoms with Crippen LogP contribution in [0.25, 0.3) is 0 Å². The van der Waals surface area contributed by atoms with Gasteiger partial charge in [-0.25, -0.2) is 4.79 Å². The maximum Gasteiger partial charge on any atom is 0.328 e. The van der Waals surface area contributed by atoms with E-state index >= 15 is 0 Å². The van der Waals surface area contributed by atoms with Gasteiger partial charge in [-0.3, -0.25) is 14.4 Å². The highest BCUT2D eigenvalue weighted by Gasteiger charge is 2.29. The zero-order chi connectivity index (χ0) is 21.7. The maximum absolute atomic E-state index is 12.5. The highest BCUT2D eigenvalue weighted by atomic mass is 32.1. The monoisotopic (exact) mass is 423 g/mol. The second-order valence-electron chi connectivity index (χ2n) is 5.96. The average Bonchev–Trinajstić information content (AvgIpc) is 2.67. The molecule has 4 unspecified atom stereocenters. The molecule has 162 valence electrons. The van der Waals surface area contributed by atoms with Gasteiger partial charge in [-0.2, -0.15) is 12.6 Å². The van der Waals surface area contributed by atoms with Crippen LogP contribution >= 0.6 is 12.6 Å². The summed E-state index contributed by atoms with van der Waals surface area (Å²) in [5.74, 6) is -3.91. The van der Waals surface area contributed by atoms with Crippen LogP contribution in [0.4, 0.5) is 0 Å². The fraction of sp³-hybridized carbons (Fsp3) is 0.733. The Bertz CT molecular complexity index is 537. The normalized spacial score (nSPS) is 15.0. The molecule has 13 heteroatoms. The van der Waals surface area contributed by atoms with Gasteiger partial charge in [-0.05, 0) is 25.8 Å². The third-order valence-corrected chi connectivity index (χ3v) is 4.09. The molecule has 0 aromatic carbocycles. The lowest BCUT2D eigenvalue weighted by Crippen LogP contribution is -2.58. The van der Waals surface area contributed by atoms with Crippen LogP contribution in [0.3, 0.4) is 0 Å². The van der Waals surface area contributed by atoms with Gasteiger partial charge in [0.15, 0.2) is 0 Å². The number of carbonyl (C=O) groups excluding carboxylic acids is 3. The molecule has 0 aliphatic rings. The Labute approximate surface area is 167 Å². The van der Waals surface area contributed by atoms with E-state index in [0.29, 0.717) is 19.4 Å². The first-order valence-corrected chi connectivity index (χ1v) is 9.27. The molecule has 28 heavy (non-hydrogen) atoms. The van der Waals surface area contributed by atoms with Crippen molar-refractivity contribution < 1.29 is 34.5 Å². The van der Waals surface area contributed by atoms with E-state index in [9.17, 15) is 19.2 Å². The van der Waals surface area contributed by atoms with Crippen molar-refractivity contribution >= 4 is 36.3 Å². The summed E-state index contributed by atoms with van der Waals surface area (Å²) < 4.78 is 0. The van der Waals surface area contributed by atoms with Crippen molar-refractivity contribution in [2.75, 3.05) is 25.5 Å². The summed E-state index contributed by atoms with van der Waals surface area (Å²) in [6, 6.07) is -4.99. The molecule has 10 N–H and O–H groups in total. The first-order valence-electron chi connectivity index (χ1n) is 8.63. The number of hydrogen-bond acceptors (Lipinski definition) is 9. The van der Waals surface area contributed by atoms with E-state index in [1.807, 2.05) is 0 Å². The van der Waals surface area contributed by atoms with Crippen LogP contribution in [-0.4, -0.2) is 88.7 Å². The van der Waals surface area contributed by atoms with Crippen molar-refractivity contribution in [2.24, 2.45) is 11.5 Å². The van der Waals surface area contributed by atoms with Crippen molar-refractivity contribution in [1.82, 2.24) is 16.0 Å². The molecule has 0 aromatic heterocycles. The van der Waals surface area contributed by atoms with E-state index in [0.717, 1.165) is 0 Å². The number of amides is 3. The lowest BCUT2D eigenvalue weighted by Gasteiger charge is -2.24. The minimum Gasteiger partial charge on any atom is -0.480 e. The molecular weight excluding hydrogens is 394 g/mol. The van der Waals surface area contributed by atoms with Crippen LogP contribution < -0.4 is 27.4 Å². The van der Waals surface area contributed by atoms with Gasteiger partial charge < -0.3 is 42.7 Å². The summed E-state index contributed by atoms with van der Waals surface area (Å²) in [6.07, 6.45) is 1.31. The number of carboxylic acid groups (broad SMARTS) is 1. The van der Waals surface area contributed by atoms with Crippen LogP contribution in [0.2, 0.25) is 0 Å². The highest BCUT2D eigenvalue weighted by molar-refractivity contribution is 7.80. The largest absolute Gasteiger partial charge is 0.480 e.